The zero-order valence-electron chi connectivity index (χ0n) is 11.9. The van der Waals surface area contributed by atoms with Crippen LogP contribution in [0.5, 0.6) is 0 Å². The van der Waals surface area contributed by atoms with Crippen molar-refractivity contribution in [2.75, 3.05) is 5.32 Å². The van der Waals surface area contributed by atoms with E-state index in [4.69, 9.17) is 5.73 Å². The topological polar surface area (TPSA) is 92.4 Å². The van der Waals surface area contributed by atoms with Crippen molar-refractivity contribution < 1.29 is 14.7 Å². The number of anilines is 1. The van der Waals surface area contributed by atoms with E-state index in [2.05, 4.69) is 28.2 Å². The average Bonchev–Trinajstić information content (AvgIpc) is 2.38. The molecule has 2 atom stereocenters. The highest BCUT2D eigenvalue weighted by Gasteiger charge is 2.42. The highest BCUT2D eigenvalue weighted by molar-refractivity contribution is 9.10. The lowest BCUT2D eigenvalue weighted by Crippen LogP contribution is -2.50. The maximum absolute atomic E-state index is 11.8. The van der Waals surface area contributed by atoms with Crippen LogP contribution in [0.15, 0.2) is 22.7 Å². The van der Waals surface area contributed by atoms with Gasteiger partial charge in [-0.05, 0) is 46.8 Å². The lowest BCUT2D eigenvalue weighted by molar-refractivity contribution is -0.144. The van der Waals surface area contributed by atoms with Gasteiger partial charge in [0.1, 0.15) is 5.54 Å². The summed E-state index contributed by atoms with van der Waals surface area (Å²) < 4.78 is 0.560. The van der Waals surface area contributed by atoms with Crippen molar-refractivity contribution in [3.8, 4) is 0 Å². The number of carbonyl (C=O) groups excluding carboxylic acids is 1. The molecule has 0 radical (unpaired) electrons. The number of nitrogens with two attached hydrogens (primary N) is 1. The second kappa shape index (κ2) is 6.05. The monoisotopic (exact) mass is 354 g/mol. The standard InChI is InChI=1S/C15H19BrN2O3/c1-9-4-3-7-15(8-9,14(20)21)18-11-6-2-5-10(16)12(11)13(17)19/h2,5-6,9,18H,3-4,7-8H2,1H3,(H2,17,19)(H,20,21). The van der Waals surface area contributed by atoms with E-state index >= 15 is 0 Å². The van der Waals surface area contributed by atoms with Crippen LogP contribution in [0, 0.1) is 5.92 Å². The molecule has 4 N–H and O–H groups in total. The summed E-state index contributed by atoms with van der Waals surface area (Å²) in [5.41, 5.74) is 5.13. The molecule has 0 aromatic heterocycles. The van der Waals surface area contributed by atoms with Crippen LogP contribution in [0.2, 0.25) is 0 Å². The normalized spacial score (nSPS) is 25.3. The van der Waals surface area contributed by atoms with Crippen molar-refractivity contribution >= 4 is 33.5 Å². The van der Waals surface area contributed by atoms with E-state index in [9.17, 15) is 14.7 Å². The first-order valence-corrected chi connectivity index (χ1v) is 7.75. The highest BCUT2D eigenvalue weighted by atomic mass is 79.9. The Kier molecular flexibility index (Phi) is 4.56. The Morgan fingerprint density at radius 2 is 2.19 bits per heavy atom. The van der Waals surface area contributed by atoms with Gasteiger partial charge in [-0.2, -0.15) is 0 Å². The second-order valence-electron chi connectivity index (χ2n) is 5.74. The number of benzene rings is 1. The Labute approximate surface area is 132 Å². The number of primary amides is 1. The smallest absolute Gasteiger partial charge is 0.329 e. The first kappa shape index (κ1) is 15.8. The molecule has 0 aliphatic heterocycles. The zero-order valence-corrected chi connectivity index (χ0v) is 13.4. The number of carbonyl (C=O) groups is 2. The molecule has 1 aromatic carbocycles. The van der Waals surface area contributed by atoms with Crippen LogP contribution in [0.1, 0.15) is 43.0 Å². The van der Waals surface area contributed by atoms with Crippen LogP contribution < -0.4 is 11.1 Å². The molecule has 1 fully saturated rings. The van der Waals surface area contributed by atoms with Crippen LogP contribution in [0.25, 0.3) is 0 Å². The maximum Gasteiger partial charge on any atom is 0.329 e. The number of amides is 1. The van der Waals surface area contributed by atoms with Crippen LogP contribution >= 0.6 is 15.9 Å². The molecule has 6 heteroatoms. The third-order valence-electron chi connectivity index (χ3n) is 4.04. The van der Waals surface area contributed by atoms with E-state index in [0.29, 0.717) is 28.9 Å². The minimum absolute atomic E-state index is 0.288. The first-order chi connectivity index (χ1) is 9.85. The van der Waals surface area contributed by atoms with Gasteiger partial charge in [-0.3, -0.25) is 4.79 Å². The van der Waals surface area contributed by atoms with Gasteiger partial charge in [-0.15, -0.1) is 0 Å². The molecule has 1 amide bonds. The molecule has 1 aliphatic carbocycles. The van der Waals surface area contributed by atoms with Gasteiger partial charge < -0.3 is 16.2 Å². The number of halogens is 1. The molecule has 5 nitrogen and oxygen atoms in total. The summed E-state index contributed by atoms with van der Waals surface area (Å²) in [6.45, 7) is 2.05. The Morgan fingerprint density at radius 3 is 2.76 bits per heavy atom. The van der Waals surface area contributed by atoms with Gasteiger partial charge in [0.05, 0.1) is 5.56 Å². The van der Waals surface area contributed by atoms with E-state index in [1.807, 2.05) is 0 Å². The van der Waals surface area contributed by atoms with E-state index in [-0.39, 0.29) is 5.56 Å². The lowest BCUT2D eigenvalue weighted by atomic mass is 9.76. The Balaban J connectivity index is 2.41. The quantitative estimate of drug-likeness (QED) is 0.774. The zero-order chi connectivity index (χ0) is 15.6. The predicted molar refractivity (Wildman–Crippen MR) is 84.3 cm³/mol. The Morgan fingerprint density at radius 1 is 1.48 bits per heavy atom. The van der Waals surface area contributed by atoms with Crippen molar-refractivity contribution in [2.45, 2.75) is 38.1 Å². The molecular weight excluding hydrogens is 336 g/mol. The molecule has 21 heavy (non-hydrogen) atoms. The number of carboxylic acid groups (broad SMARTS) is 1. The minimum atomic E-state index is -1.04. The first-order valence-electron chi connectivity index (χ1n) is 6.95. The number of rotatable bonds is 4. The van der Waals surface area contributed by atoms with E-state index in [0.717, 1.165) is 12.8 Å². The van der Waals surface area contributed by atoms with Crippen LogP contribution in [0.3, 0.4) is 0 Å². The summed E-state index contributed by atoms with van der Waals surface area (Å²) in [6, 6.07) is 5.15. The fourth-order valence-corrected chi connectivity index (χ4v) is 3.61. The lowest BCUT2D eigenvalue weighted by Gasteiger charge is -2.38. The van der Waals surface area contributed by atoms with Crippen molar-refractivity contribution in [3.63, 3.8) is 0 Å². The number of nitrogens with one attached hydrogen (secondary N) is 1. The summed E-state index contributed by atoms with van der Waals surface area (Å²) in [5.74, 6) is -1.15. The van der Waals surface area contributed by atoms with Gasteiger partial charge in [0.25, 0.3) is 5.91 Å². The van der Waals surface area contributed by atoms with E-state index in [1.165, 1.54) is 0 Å². The number of carboxylic acids is 1. The summed E-state index contributed by atoms with van der Waals surface area (Å²) >= 11 is 3.29. The molecule has 2 unspecified atom stereocenters. The van der Waals surface area contributed by atoms with Crippen LogP contribution in [-0.2, 0) is 4.79 Å². The van der Waals surface area contributed by atoms with Gasteiger partial charge in [-0.25, -0.2) is 4.79 Å². The Hall–Kier alpha value is -1.56. The molecule has 1 aliphatic rings. The molecule has 114 valence electrons. The van der Waals surface area contributed by atoms with E-state index in [1.54, 1.807) is 18.2 Å². The van der Waals surface area contributed by atoms with Crippen molar-refractivity contribution in [1.29, 1.82) is 0 Å². The summed E-state index contributed by atoms with van der Waals surface area (Å²) in [5, 5.41) is 12.8. The molecule has 0 spiro atoms. The molecular formula is C15H19BrN2O3. The van der Waals surface area contributed by atoms with E-state index < -0.39 is 17.4 Å². The van der Waals surface area contributed by atoms with Gasteiger partial charge in [0.2, 0.25) is 0 Å². The molecule has 0 saturated heterocycles. The summed E-state index contributed by atoms with van der Waals surface area (Å²) in [7, 11) is 0. The third kappa shape index (κ3) is 3.20. The van der Waals surface area contributed by atoms with Gasteiger partial charge in [0, 0.05) is 10.2 Å². The van der Waals surface area contributed by atoms with Gasteiger partial charge in [0.15, 0.2) is 0 Å². The van der Waals surface area contributed by atoms with Crippen LogP contribution in [-0.4, -0.2) is 22.5 Å². The number of hydrogen-bond acceptors (Lipinski definition) is 3. The number of hydrogen-bond donors (Lipinski definition) is 3. The largest absolute Gasteiger partial charge is 0.480 e. The summed E-state index contributed by atoms with van der Waals surface area (Å²) in [6.07, 6.45) is 2.95. The molecule has 0 bridgehead atoms. The maximum atomic E-state index is 11.8. The SMILES string of the molecule is CC1CCCC(Nc2cccc(Br)c2C(N)=O)(C(=O)O)C1. The molecule has 1 aromatic rings. The average molecular weight is 355 g/mol. The predicted octanol–water partition coefficient (Wildman–Crippen LogP) is 2.99. The molecule has 2 rings (SSSR count). The third-order valence-corrected chi connectivity index (χ3v) is 4.70. The van der Waals surface area contributed by atoms with Crippen molar-refractivity contribution in [2.24, 2.45) is 11.7 Å². The van der Waals surface area contributed by atoms with Crippen molar-refractivity contribution in [1.82, 2.24) is 0 Å². The molecule has 0 heterocycles. The number of aliphatic carboxylic acids is 1. The second-order valence-corrected chi connectivity index (χ2v) is 6.59. The minimum Gasteiger partial charge on any atom is -0.480 e. The van der Waals surface area contributed by atoms with Crippen LogP contribution in [0.4, 0.5) is 5.69 Å². The summed E-state index contributed by atoms with van der Waals surface area (Å²) in [4.78, 5) is 23.4. The highest BCUT2D eigenvalue weighted by Crippen LogP contribution is 2.37. The molecule has 1 saturated carbocycles. The fourth-order valence-electron chi connectivity index (χ4n) is 3.05. The Bertz CT molecular complexity index is 576. The van der Waals surface area contributed by atoms with Gasteiger partial charge in [-0.1, -0.05) is 25.8 Å². The van der Waals surface area contributed by atoms with Gasteiger partial charge >= 0.3 is 5.97 Å². The fraction of sp³-hybridized carbons (Fsp3) is 0.467. The van der Waals surface area contributed by atoms with Crippen molar-refractivity contribution in [3.05, 3.63) is 28.2 Å².